The van der Waals surface area contributed by atoms with Gasteiger partial charge in [0.2, 0.25) is 0 Å². The van der Waals surface area contributed by atoms with Crippen LogP contribution in [0.5, 0.6) is 0 Å². The summed E-state index contributed by atoms with van der Waals surface area (Å²) in [5.74, 6) is -0.889. The first kappa shape index (κ1) is 7.35. The highest BCUT2D eigenvalue weighted by Gasteiger charge is 2.09. The van der Waals surface area contributed by atoms with Crippen LogP contribution in [-0.4, -0.2) is 16.5 Å². The third-order valence-electron chi connectivity index (χ3n) is 1.29. The van der Waals surface area contributed by atoms with Gasteiger partial charge in [-0.25, -0.2) is 4.79 Å². The summed E-state index contributed by atoms with van der Waals surface area (Å²) >= 11 is 5.66. The number of hydrogen-bond acceptors (Lipinski definition) is 1. The first-order chi connectivity index (χ1) is 4.70. The van der Waals surface area contributed by atoms with Crippen molar-refractivity contribution in [2.75, 3.05) is 0 Å². The van der Waals surface area contributed by atoms with E-state index in [4.69, 9.17) is 16.7 Å². The van der Waals surface area contributed by atoms with Gasteiger partial charge in [-0.3, -0.25) is 0 Å². The zero-order valence-corrected chi connectivity index (χ0v) is 6.01. The molecule has 0 saturated heterocycles. The Balaban J connectivity index is 2.67. The summed E-state index contributed by atoms with van der Waals surface area (Å²) in [4.78, 5) is 10.3. The largest absolute Gasteiger partial charge is 0.478 e. The molecule has 10 heavy (non-hydrogen) atoms. The van der Waals surface area contributed by atoms with Crippen LogP contribution in [0.2, 0.25) is 0 Å². The minimum absolute atomic E-state index is 0.0388. The van der Waals surface area contributed by atoms with Crippen molar-refractivity contribution in [3.8, 4) is 0 Å². The quantitative estimate of drug-likeness (QED) is 0.588. The highest BCUT2D eigenvalue weighted by molar-refractivity contribution is 6.22. The Morgan fingerprint density at radius 3 is 2.90 bits per heavy atom. The number of carboxylic acid groups (broad SMARTS) is 1. The second-order valence-corrected chi connectivity index (χ2v) is 2.64. The van der Waals surface area contributed by atoms with Crippen LogP contribution in [0.3, 0.4) is 0 Å². The molecule has 1 aliphatic rings. The van der Waals surface area contributed by atoms with E-state index in [2.05, 4.69) is 0 Å². The van der Waals surface area contributed by atoms with Crippen LogP contribution in [0, 0.1) is 0 Å². The summed E-state index contributed by atoms with van der Waals surface area (Å²) in [6.07, 6.45) is 5.45. The third kappa shape index (κ3) is 1.61. The fourth-order valence-corrected chi connectivity index (χ4v) is 0.915. The van der Waals surface area contributed by atoms with Crippen molar-refractivity contribution in [2.45, 2.75) is 11.8 Å². The van der Waals surface area contributed by atoms with E-state index in [0.29, 0.717) is 12.0 Å². The lowest BCUT2D eigenvalue weighted by atomic mass is 10.1. The average Bonchev–Trinajstić information content (AvgIpc) is 1.88. The van der Waals surface area contributed by atoms with Gasteiger partial charge in [0.1, 0.15) is 0 Å². The van der Waals surface area contributed by atoms with E-state index in [-0.39, 0.29) is 5.38 Å². The minimum atomic E-state index is -0.889. The molecule has 3 heteroatoms. The summed E-state index contributed by atoms with van der Waals surface area (Å²) in [5, 5.41) is 8.42. The van der Waals surface area contributed by atoms with Crippen molar-refractivity contribution < 1.29 is 9.90 Å². The Morgan fingerprint density at radius 1 is 1.80 bits per heavy atom. The van der Waals surface area contributed by atoms with Gasteiger partial charge in [0, 0.05) is 0 Å². The van der Waals surface area contributed by atoms with Crippen LogP contribution < -0.4 is 0 Å². The number of allylic oxidation sites excluding steroid dienone is 2. The van der Waals surface area contributed by atoms with Crippen molar-refractivity contribution in [2.24, 2.45) is 0 Å². The van der Waals surface area contributed by atoms with Gasteiger partial charge in [-0.2, -0.15) is 0 Å². The number of hydrogen-bond donors (Lipinski definition) is 1. The van der Waals surface area contributed by atoms with Gasteiger partial charge in [0.15, 0.2) is 0 Å². The van der Waals surface area contributed by atoms with E-state index in [1.54, 1.807) is 12.2 Å². The van der Waals surface area contributed by atoms with Gasteiger partial charge in [-0.1, -0.05) is 18.2 Å². The lowest BCUT2D eigenvalue weighted by Gasteiger charge is -2.05. The number of alkyl halides is 1. The maximum Gasteiger partial charge on any atom is 0.335 e. The van der Waals surface area contributed by atoms with E-state index >= 15 is 0 Å². The summed E-state index contributed by atoms with van der Waals surface area (Å²) in [6, 6.07) is 0. The topological polar surface area (TPSA) is 37.3 Å². The predicted octanol–water partition coefficient (Wildman–Crippen LogP) is 1.56. The Hall–Kier alpha value is -0.760. The molecule has 0 bridgehead atoms. The minimum Gasteiger partial charge on any atom is -0.478 e. The SMILES string of the molecule is O=C(O)C1=CCC(Cl)C=C1. The molecule has 0 fully saturated rings. The molecular weight excluding hydrogens is 152 g/mol. The molecule has 0 aromatic rings. The molecular formula is C7H7ClO2. The first-order valence-electron chi connectivity index (χ1n) is 2.96. The molecule has 0 aliphatic heterocycles. The van der Waals surface area contributed by atoms with Crippen LogP contribution in [0.25, 0.3) is 0 Å². The maximum absolute atomic E-state index is 10.3. The van der Waals surface area contributed by atoms with Gasteiger partial charge in [-0.15, -0.1) is 11.6 Å². The molecule has 54 valence electrons. The number of rotatable bonds is 1. The first-order valence-corrected chi connectivity index (χ1v) is 3.39. The molecule has 0 spiro atoms. The molecule has 0 amide bonds. The lowest BCUT2D eigenvalue weighted by Crippen LogP contribution is -2.04. The second-order valence-electron chi connectivity index (χ2n) is 2.08. The molecule has 1 N–H and O–H groups in total. The van der Waals surface area contributed by atoms with Gasteiger partial charge < -0.3 is 5.11 Å². The van der Waals surface area contributed by atoms with Gasteiger partial charge in [0.25, 0.3) is 0 Å². The van der Waals surface area contributed by atoms with Crippen LogP contribution in [-0.2, 0) is 4.79 Å². The standard InChI is InChI=1S/C7H7ClO2/c8-6-3-1-5(2-4-6)7(9)10/h1-3,6H,4H2,(H,9,10). The highest BCUT2D eigenvalue weighted by Crippen LogP contribution is 2.14. The normalized spacial score (nSPS) is 24.1. The molecule has 1 unspecified atom stereocenters. The molecule has 1 atom stereocenters. The molecule has 0 aromatic carbocycles. The smallest absolute Gasteiger partial charge is 0.335 e. The second kappa shape index (κ2) is 2.88. The Kier molecular flexibility index (Phi) is 2.12. The molecule has 0 aromatic heterocycles. The van der Waals surface area contributed by atoms with Gasteiger partial charge in [-0.05, 0) is 6.42 Å². The van der Waals surface area contributed by atoms with Crippen molar-refractivity contribution in [3.05, 3.63) is 23.8 Å². The van der Waals surface area contributed by atoms with Crippen LogP contribution in [0.4, 0.5) is 0 Å². The van der Waals surface area contributed by atoms with E-state index < -0.39 is 5.97 Å². The fourth-order valence-electron chi connectivity index (χ4n) is 0.753. The van der Waals surface area contributed by atoms with E-state index in [0.717, 1.165) is 0 Å². The maximum atomic E-state index is 10.3. The van der Waals surface area contributed by atoms with E-state index in [9.17, 15) is 4.79 Å². The van der Waals surface area contributed by atoms with E-state index in [1.165, 1.54) is 6.08 Å². The molecule has 0 heterocycles. The van der Waals surface area contributed by atoms with Crippen molar-refractivity contribution in [1.82, 2.24) is 0 Å². The summed E-state index contributed by atoms with van der Waals surface area (Å²) in [5.41, 5.74) is 0.330. The van der Waals surface area contributed by atoms with Crippen LogP contribution in [0.15, 0.2) is 23.8 Å². The number of carbonyl (C=O) groups is 1. The average molecular weight is 159 g/mol. The zero-order chi connectivity index (χ0) is 7.56. The molecule has 1 rings (SSSR count). The van der Waals surface area contributed by atoms with Crippen molar-refractivity contribution in [1.29, 1.82) is 0 Å². The summed E-state index contributed by atoms with van der Waals surface area (Å²) in [7, 11) is 0. The Labute approximate surface area is 63.8 Å². The molecule has 1 aliphatic carbocycles. The monoisotopic (exact) mass is 158 g/mol. The molecule has 2 nitrogen and oxygen atoms in total. The van der Waals surface area contributed by atoms with Gasteiger partial charge >= 0.3 is 5.97 Å². The third-order valence-corrected chi connectivity index (χ3v) is 1.62. The summed E-state index contributed by atoms with van der Waals surface area (Å²) < 4.78 is 0. The van der Waals surface area contributed by atoms with Crippen molar-refractivity contribution in [3.63, 3.8) is 0 Å². The number of aliphatic carboxylic acids is 1. The molecule has 0 saturated carbocycles. The fraction of sp³-hybridized carbons (Fsp3) is 0.286. The zero-order valence-electron chi connectivity index (χ0n) is 5.25. The Morgan fingerprint density at radius 2 is 2.50 bits per heavy atom. The van der Waals surface area contributed by atoms with Crippen LogP contribution in [0.1, 0.15) is 6.42 Å². The lowest BCUT2D eigenvalue weighted by molar-refractivity contribution is -0.132. The summed E-state index contributed by atoms with van der Waals surface area (Å²) in [6.45, 7) is 0. The van der Waals surface area contributed by atoms with Crippen LogP contribution >= 0.6 is 11.6 Å². The molecule has 0 radical (unpaired) electrons. The predicted molar refractivity (Wildman–Crippen MR) is 39.1 cm³/mol. The Bertz CT molecular complexity index is 206. The van der Waals surface area contributed by atoms with E-state index in [1.807, 2.05) is 0 Å². The van der Waals surface area contributed by atoms with Gasteiger partial charge in [0.05, 0.1) is 11.0 Å². The number of carboxylic acids is 1. The van der Waals surface area contributed by atoms with Crippen molar-refractivity contribution >= 4 is 17.6 Å². The number of halogens is 1. The highest BCUT2D eigenvalue weighted by atomic mass is 35.5.